The minimum Gasteiger partial charge on any atom is -0.370 e. The summed E-state index contributed by atoms with van der Waals surface area (Å²) in [6, 6.07) is 13.4. The maximum atomic E-state index is 15.6. The second-order valence-electron chi connectivity index (χ2n) is 15.3. The molecule has 0 aliphatic carbocycles. The lowest BCUT2D eigenvalue weighted by Crippen LogP contribution is -2.59. The van der Waals surface area contributed by atoms with Gasteiger partial charge in [0, 0.05) is 23.4 Å². The molecule has 11 nitrogen and oxygen atoms in total. The van der Waals surface area contributed by atoms with Gasteiger partial charge >= 0.3 is 13.3 Å². The lowest BCUT2D eigenvalue weighted by Gasteiger charge is -2.40. The van der Waals surface area contributed by atoms with Gasteiger partial charge in [-0.05, 0) is 86.2 Å². The molecule has 6 rings (SSSR count). The number of morpholine rings is 1. The number of halogens is 2. The Kier molecular flexibility index (Phi) is 12.3. The fourth-order valence-corrected chi connectivity index (χ4v) is 10.1. The van der Waals surface area contributed by atoms with Gasteiger partial charge in [-0.15, -0.1) is 11.3 Å². The number of amides is 3. The van der Waals surface area contributed by atoms with E-state index in [-0.39, 0.29) is 41.9 Å². The Balaban J connectivity index is 1.23. The van der Waals surface area contributed by atoms with Gasteiger partial charge in [0.05, 0.1) is 31.2 Å². The molecule has 15 heteroatoms. The van der Waals surface area contributed by atoms with E-state index >= 15 is 8.78 Å². The summed E-state index contributed by atoms with van der Waals surface area (Å²) in [6.45, 7) is 11.4. The molecule has 3 amide bonds. The molecule has 3 aliphatic rings. The second kappa shape index (κ2) is 16.5. The van der Waals surface area contributed by atoms with Crippen LogP contribution in [0.2, 0.25) is 0 Å². The van der Waals surface area contributed by atoms with Gasteiger partial charge in [-0.1, -0.05) is 57.2 Å². The van der Waals surface area contributed by atoms with Crippen molar-refractivity contribution in [3.05, 3.63) is 70.6 Å². The highest BCUT2D eigenvalue weighted by molar-refractivity contribution is 7.54. The average molecular weight is 789 g/mol. The summed E-state index contributed by atoms with van der Waals surface area (Å²) in [5.41, 5.74) is -4.23. The zero-order valence-electron chi connectivity index (χ0n) is 31.5. The van der Waals surface area contributed by atoms with E-state index in [4.69, 9.17) is 13.8 Å². The number of hydrogen-bond donors (Lipinski definition) is 2. The van der Waals surface area contributed by atoms with Crippen LogP contribution in [-0.2, 0) is 33.6 Å². The fourth-order valence-electron chi connectivity index (χ4n) is 7.59. The molecule has 0 unspecified atom stereocenters. The van der Waals surface area contributed by atoms with Gasteiger partial charge in [0.15, 0.2) is 0 Å². The summed E-state index contributed by atoms with van der Waals surface area (Å²) in [4.78, 5) is 46.8. The van der Waals surface area contributed by atoms with Gasteiger partial charge in [-0.2, -0.15) is 8.78 Å². The molecule has 294 valence electrons. The van der Waals surface area contributed by atoms with Crippen LogP contribution in [0.25, 0.3) is 10.1 Å². The third-order valence-electron chi connectivity index (χ3n) is 10.5. The lowest BCUT2D eigenvalue weighted by atomic mass is 9.84. The predicted molar refractivity (Wildman–Crippen MR) is 204 cm³/mol. The van der Waals surface area contributed by atoms with E-state index in [0.29, 0.717) is 48.7 Å². The molecule has 3 fully saturated rings. The number of benzene rings is 2. The van der Waals surface area contributed by atoms with Gasteiger partial charge in [0.1, 0.15) is 18.2 Å². The maximum absolute atomic E-state index is 15.6. The van der Waals surface area contributed by atoms with Crippen molar-refractivity contribution < 1.29 is 41.5 Å². The number of nitrogens with one attached hydrogen (secondary N) is 2. The van der Waals surface area contributed by atoms with Crippen LogP contribution in [0.3, 0.4) is 0 Å². The van der Waals surface area contributed by atoms with Gasteiger partial charge in [-0.3, -0.25) is 18.9 Å². The smallest absolute Gasteiger partial charge is 0.370 e. The minimum absolute atomic E-state index is 0.0291. The maximum Gasteiger partial charge on any atom is 0.404 e. The first-order chi connectivity index (χ1) is 25.7. The summed E-state index contributed by atoms with van der Waals surface area (Å²) >= 11 is 1.10. The molecule has 3 aliphatic heterocycles. The molecule has 2 N–H and O–H groups in total. The van der Waals surface area contributed by atoms with E-state index in [1.807, 2.05) is 56.0 Å². The van der Waals surface area contributed by atoms with Crippen LogP contribution in [-0.4, -0.2) is 92.1 Å². The number of nitrogens with zero attached hydrogens (tertiary/aromatic N) is 2. The van der Waals surface area contributed by atoms with Gasteiger partial charge in [0.2, 0.25) is 11.8 Å². The molecule has 54 heavy (non-hydrogen) atoms. The van der Waals surface area contributed by atoms with E-state index in [9.17, 15) is 18.9 Å². The van der Waals surface area contributed by atoms with Gasteiger partial charge in [-0.25, -0.2) is 0 Å². The normalized spacial score (nSPS) is 21.9. The highest BCUT2D eigenvalue weighted by Crippen LogP contribution is 2.67. The van der Waals surface area contributed by atoms with E-state index in [1.54, 1.807) is 4.90 Å². The SMILES string of the molecule is CCOP(=O)(OCC)C(F)(F)c1ccc2sc(C(=O)N[C@H](C(=O)N3CC[C@@H](CC4CNC4)[C@H]3C(=O)N3CCO[C@H](c4ccccc4)C3)C(C)(C)C)cc2c1. The van der Waals surface area contributed by atoms with Gasteiger partial charge < -0.3 is 34.2 Å². The van der Waals surface area contributed by atoms with Crippen molar-refractivity contribution in [2.45, 2.75) is 71.3 Å². The number of carbonyl (C=O) groups is 3. The fraction of sp³-hybridized carbons (Fsp3) is 0.564. The molecule has 2 aromatic carbocycles. The Bertz CT molecular complexity index is 1860. The molecule has 0 saturated carbocycles. The van der Waals surface area contributed by atoms with E-state index < -0.39 is 42.2 Å². The Morgan fingerprint density at radius 3 is 2.37 bits per heavy atom. The molecule has 3 aromatic rings. The zero-order chi connectivity index (χ0) is 38.8. The van der Waals surface area contributed by atoms with Crippen molar-refractivity contribution in [1.29, 1.82) is 0 Å². The number of fused-ring (bicyclic) bond motifs is 1. The zero-order valence-corrected chi connectivity index (χ0v) is 33.2. The second-order valence-corrected chi connectivity index (χ2v) is 18.5. The Morgan fingerprint density at radius 2 is 1.74 bits per heavy atom. The number of likely N-dealkylation sites (tertiary alicyclic amines) is 1. The van der Waals surface area contributed by atoms with Crippen molar-refractivity contribution in [1.82, 2.24) is 20.4 Å². The van der Waals surface area contributed by atoms with Crippen LogP contribution >= 0.6 is 18.9 Å². The Hall–Kier alpha value is -3.26. The summed E-state index contributed by atoms with van der Waals surface area (Å²) in [5, 5.41) is 6.61. The Labute approximate surface area is 319 Å². The molecule has 0 bridgehead atoms. The topological polar surface area (TPSA) is 127 Å². The Morgan fingerprint density at radius 1 is 1.04 bits per heavy atom. The summed E-state index contributed by atoms with van der Waals surface area (Å²) in [7, 11) is -4.83. The molecule has 3 saturated heterocycles. The number of thiophene rings is 1. The minimum atomic E-state index is -4.83. The lowest BCUT2D eigenvalue weighted by molar-refractivity contribution is -0.152. The molecule has 4 heterocycles. The van der Waals surface area contributed by atoms with E-state index in [1.165, 1.54) is 32.0 Å². The van der Waals surface area contributed by atoms with Crippen LogP contribution < -0.4 is 10.6 Å². The van der Waals surface area contributed by atoms with Crippen LogP contribution in [0.1, 0.15) is 74.4 Å². The first-order valence-electron chi connectivity index (χ1n) is 18.7. The van der Waals surface area contributed by atoms with Crippen molar-refractivity contribution in [3.8, 4) is 0 Å². The van der Waals surface area contributed by atoms with Crippen LogP contribution in [0, 0.1) is 17.3 Å². The number of carbonyl (C=O) groups excluding carboxylic acids is 3. The molecule has 0 spiro atoms. The highest BCUT2D eigenvalue weighted by atomic mass is 32.1. The van der Waals surface area contributed by atoms with Crippen molar-refractivity contribution in [3.63, 3.8) is 0 Å². The predicted octanol–water partition coefficient (Wildman–Crippen LogP) is 6.79. The highest BCUT2D eigenvalue weighted by Gasteiger charge is 2.55. The third kappa shape index (κ3) is 8.29. The van der Waals surface area contributed by atoms with Crippen LogP contribution in [0.4, 0.5) is 8.78 Å². The van der Waals surface area contributed by atoms with E-state index in [2.05, 4.69) is 10.6 Å². The summed E-state index contributed by atoms with van der Waals surface area (Å²) in [6.07, 6.45) is 1.23. The largest absolute Gasteiger partial charge is 0.404 e. The summed E-state index contributed by atoms with van der Waals surface area (Å²) < 4.78 is 60.7. The van der Waals surface area contributed by atoms with Crippen LogP contribution in [0.5, 0.6) is 0 Å². The van der Waals surface area contributed by atoms with Crippen LogP contribution in [0.15, 0.2) is 54.6 Å². The summed E-state index contributed by atoms with van der Waals surface area (Å²) in [5.74, 6) is -0.568. The molecule has 0 radical (unpaired) electrons. The molecule has 4 atom stereocenters. The monoisotopic (exact) mass is 788 g/mol. The van der Waals surface area contributed by atoms with Crippen molar-refractivity contribution >= 4 is 46.7 Å². The quantitative estimate of drug-likeness (QED) is 0.182. The van der Waals surface area contributed by atoms with E-state index in [0.717, 1.165) is 42.5 Å². The van der Waals surface area contributed by atoms with Crippen molar-refractivity contribution in [2.24, 2.45) is 17.3 Å². The van der Waals surface area contributed by atoms with Gasteiger partial charge in [0.25, 0.3) is 5.91 Å². The molecule has 1 aromatic heterocycles. The third-order valence-corrected chi connectivity index (χ3v) is 13.8. The number of ether oxygens (including phenoxy) is 1. The first-order valence-corrected chi connectivity index (χ1v) is 21.1. The number of hydrogen-bond acceptors (Lipinski definition) is 9. The number of alkyl halides is 2. The first kappa shape index (κ1) is 40.4. The average Bonchev–Trinajstić information content (AvgIpc) is 3.76. The number of rotatable bonds is 13. The molecular weight excluding hydrogens is 737 g/mol. The standard InChI is InChI=1S/C39H51F2N4O7PS/c1-6-51-53(49,52-7-2)39(40,41)29-13-14-31-28(20-29)21-32(54-31)35(46)43-34(38(3,4)5)37(48)45-16-15-27(19-25-22-42-23-25)33(45)36(47)44-17-18-50-30(24-44)26-11-9-8-10-12-26/h8-14,20-21,25,27,30,33-34,42H,6-7,15-19,22-24H2,1-5H3,(H,43,46)/t27-,30-,33-,34+/m0/s1. The van der Waals surface area contributed by atoms with Crippen molar-refractivity contribution in [2.75, 3.05) is 52.5 Å². The molecular formula is C39H51F2N4O7PS.